The molecule has 1 aromatic heterocycles. The van der Waals surface area contributed by atoms with Crippen molar-refractivity contribution in [3.63, 3.8) is 0 Å². The summed E-state index contributed by atoms with van der Waals surface area (Å²) < 4.78 is 2.77. The highest BCUT2D eigenvalue weighted by Crippen LogP contribution is 2.21. The molecule has 0 aliphatic carbocycles. The Bertz CT molecular complexity index is 732. The van der Waals surface area contributed by atoms with E-state index >= 15 is 0 Å². The Labute approximate surface area is 130 Å². The van der Waals surface area contributed by atoms with Gasteiger partial charge in [0, 0.05) is 25.6 Å². The highest BCUT2D eigenvalue weighted by atomic mass is 31.1. The summed E-state index contributed by atoms with van der Waals surface area (Å²) in [6.07, 6.45) is 3.94. The van der Waals surface area contributed by atoms with Crippen LogP contribution in [0.2, 0.25) is 0 Å². The molecule has 1 aromatic rings. The van der Waals surface area contributed by atoms with Crippen LogP contribution < -0.4 is 17.1 Å². The van der Waals surface area contributed by atoms with E-state index in [1.165, 1.54) is 10.1 Å². The first-order valence-corrected chi connectivity index (χ1v) is 8.81. The van der Waals surface area contributed by atoms with Crippen molar-refractivity contribution in [2.75, 3.05) is 6.66 Å². The summed E-state index contributed by atoms with van der Waals surface area (Å²) in [6, 6.07) is 0. The van der Waals surface area contributed by atoms with Crippen LogP contribution in [0, 0.1) is 5.92 Å². The first-order valence-electron chi connectivity index (χ1n) is 7.36. The fourth-order valence-corrected chi connectivity index (χ4v) is 3.33. The third-order valence-corrected chi connectivity index (χ3v) is 4.54. The van der Waals surface area contributed by atoms with E-state index in [1.807, 2.05) is 12.9 Å². The normalized spacial score (nSPS) is 16.1. The van der Waals surface area contributed by atoms with Gasteiger partial charge in [0.15, 0.2) is 0 Å². The van der Waals surface area contributed by atoms with Crippen molar-refractivity contribution >= 4 is 14.6 Å². The molecular weight excluding hydrogens is 301 g/mol. The van der Waals surface area contributed by atoms with Gasteiger partial charge >= 0.3 is 11.4 Å². The molecule has 2 N–H and O–H groups in total. The predicted octanol–water partition coefficient (Wildman–Crippen LogP) is 0.710. The van der Waals surface area contributed by atoms with Crippen LogP contribution in [0.1, 0.15) is 32.5 Å². The van der Waals surface area contributed by atoms with Gasteiger partial charge in [0.1, 0.15) is 11.7 Å². The summed E-state index contributed by atoms with van der Waals surface area (Å²) in [5, 5.41) is 0. The van der Waals surface area contributed by atoms with Crippen LogP contribution in [0.15, 0.2) is 26.4 Å². The van der Waals surface area contributed by atoms with Gasteiger partial charge in [-0.05, 0) is 40.2 Å². The molecule has 120 valence electrons. The summed E-state index contributed by atoms with van der Waals surface area (Å²) >= 11 is 0. The second kappa shape index (κ2) is 7.01. The zero-order valence-electron chi connectivity index (χ0n) is 13.2. The zero-order valence-corrected chi connectivity index (χ0v) is 14.2. The smallest absolute Gasteiger partial charge is 0.353 e. The third-order valence-electron chi connectivity index (χ3n) is 3.64. The van der Waals surface area contributed by atoms with Gasteiger partial charge in [0.25, 0.3) is 0 Å². The maximum atomic E-state index is 12.3. The molecular formula is C14H22N5O2P. The van der Waals surface area contributed by atoms with Crippen molar-refractivity contribution in [3.8, 4) is 0 Å². The molecule has 0 aromatic carbocycles. The lowest BCUT2D eigenvalue weighted by atomic mass is 9.97. The largest absolute Gasteiger partial charge is 0.387 e. The number of hydrogen-bond acceptors (Lipinski definition) is 5. The van der Waals surface area contributed by atoms with Crippen LogP contribution in [-0.2, 0) is 13.0 Å². The van der Waals surface area contributed by atoms with Crippen LogP contribution in [-0.4, -0.2) is 26.4 Å². The number of nitrogens with zero attached hydrogens (tertiary/aromatic N) is 4. The average Bonchev–Trinajstić information content (AvgIpc) is 2.84. The SMILES string of the molecule is CCn1c(=O)nc(CC(C)CC2=CN=C(N)C2)n(PC)c1=O. The Balaban J connectivity index is 2.19. The lowest BCUT2D eigenvalue weighted by molar-refractivity contribution is 0.527. The van der Waals surface area contributed by atoms with E-state index in [0.717, 1.165) is 6.42 Å². The number of nitrogens with two attached hydrogens (primary N) is 1. The molecule has 2 atom stereocenters. The minimum absolute atomic E-state index is 0.252. The van der Waals surface area contributed by atoms with Gasteiger partial charge in [-0.3, -0.25) is 4.34 Å². The minimum atomic E-state index is -0.461. The van der Waals surface area contributed by atoms with Gasteiger partial charge in [-0.1, -0.05) is 6.92 Å². The first kappa shape index (κ1) is 16.6. The molecule has 0 saturated heterocycles. The molecule has 7 nitrogen and oxygen atoms in total. The molecule has 0 spiro atoms. The number of rotatable bonds is 6. The topological polar surface area (TPSA) is 95.3 Å². The summed E-state index contributed by atoms with van der Waals surface area (Å²) in [5.74, 6) is 1.47. The summed E-state index contributed by atoms with van der Waals surface area (Å²) in [4.78, 5) is 32.4. The van der Waals surface area contributed by atoms with Gasteiger partial charge in [-0.25, -0.2) is 19.1 Å². The van der Waals surface area contributed by atoms with Crippen molar-refractivity contribution in [1.82, 2.24) is 13.9 Å². The second-order valence-electron chi connectivity index (χ2n) is 5.49. The molecule has 2 rings (SSSR count). The molecule has 0 radical (unpaired) electrons. The Morgan fingerprint density at radius 2 is 2.14 bits per heavy atom. The summed E-state index contributed by atoms with van der Waals surface area (Å²) in [5.41, 5.74) is 6.12. The van der Waals surface area contributed by atoms with Crippen molar-refractivity contribution in [2.24, 2.45) is 16.6 Å². The molecule has 0 bridgehead atoms. The van der Waals surface area contributed by atoms with Gasteiger partial charge in [-0.15, -0.1) is 0 Å². The van der Waals surface area contributed by atoms with E-state index in [2.05, 4.69) is 16.9 Å². The Kier molecular flexibility index (Phi) is 5.29. The van der Waals surface area contributed by atoms with Crippen LogP contribution >= 0.6 is 8.73 Å². The minimum Gasteiger partial charge on any atom is -0.387 e. The van der Waals surface area contributed by atoms with Gasteiger partial charge in [0.2, 0.25) is 0 Å². The maximum Gasteiger partial charge on any atom is 0.353 e. The van der Waals surface area contributed by atoms with Crippen LogP contribution in [0.25, 0.3) is 0 Å². The lowest BCUT2D eigenvalue weighted by Crippen LogP contribution is -2.41. The van der Waals surface area contributed by atoms with Gasteiger partial charge < -0.3 is 5.73 Å². The fourth-order valence-electron chi connectivity index (χ4n) is 2.62. The average molecular weight is 323 g/mol. The lowest BCUT2D eigenvalue weighted by Gasteiger charge is -2.15. The second-order valence-corrected chi connectivity index (χ2v) is 6.39. The first-order chi connectivity index (χ1) is 10.5. The van der Waals surface area contributed by atoms with Gasteiger partial charge in [-0.2, -0.15) is 4.98 Å². The van der Waals surface area contributed by atoms with Crippen LogP contribution in [0.3, 0.4) is 0 Å². The summed E-state index contributed by atoms with van der Waals surface area (Å²) in [6.45, 7) is 6.10. The van der Waals surface area contributed by atoms with Crippen LogP contribution in [0.4, 0.5) is 0 Å². The molecule has 0 saturated carbocycles. The highest BCUT2D eigenvalue weighted by molar-refractivity contribution is 7.35. The molecule has 8 heteroatoms. The van der Waals surface area contributed by atoms with E-state index in [1.54, 1.807) is 11.3 Å². The Morgan fingerprint density at radius 1 is 1.41 bits per heavy atom. The molecule has 0 fully saturated rings. The Hall–Kier alpha value is -1.75. The quantitative estimate of drug-likeness (QED) is 0.780. The van der Waals surface area contributed by atoms with E-state index in [4.69, 9.17) is 5.73 Å². The van der Waals surface area contributed by atoms with Crippen molar-refractivity contribution in [1.29, 1.82) is 0 Å². The molecule has 2 heterocycles. The van der Waals surface area contributed by atoms with Gasteiger partial charge in [0.05, 0.1) is 0 Å². The molecule has 2 unspecified atom stereocenters. The standard InChI is InChI=1S/C14H22N5O2P/c1-4-18-13(20)17-12(19(22-3)14(18)21)6-9(2)5-10-7-11(15)16-8-10/h8-9,22H,4-7H2,1-3H3,(H2,15,16). The Morgan fingerprint density at radius 3 is 2.68 bits per heavy atom. The number of aromatic nitrogens is 3. The summed E-state index contributed by atoms with van der Waals surface area (Å²) in [7, 11) is 0.252. The van der Waals surface area contributed by atoms with Crippen molar-refractivity contribution in [3.05, 3.63) is 38.6 Å². The zero-order chi connectivity index (χ0) is 16.3. The number of hydrogen-bond donors (Lipinski definition) is 1. The maximum absolute atomic E-state index is 12.3. The fraction of sp³-hybridized carbons (Fsp3) is 0.571. The number of aliphatic imine (C=N–C) groups is 1. The molecule has 1 aliphatic rings. The predicted molar refractivity (Wildman–Crippen MR) is 89.9 cm³/mol. The van der Waals surface area contributed by atoms with Crippen LogP contribution in [0.5, 0.6) is 0 Å². The van der Waals surface area contributed by atoms with E-state index in [-0.39, 0.29) is 20.3 Å². The molecule has 1 aliphatic heterocycles. The van der Waals surface area contributed by atoms with Crippen molar-refractivity contribution in [2.45, 2.75) is 39.7 Å². The van der Waals surface area contributed by atoms with Crippen molar-refractivity contribution < 1.29 is 0 Å². The van der Waals surface area contributed by atoms with E-state index < -0.39 is 5.69 Å². The van der Waals surface area contributed by atoms with E-state index in [0.29, 0.717) is 31.0 Å². The highest BCUT2D eigenvalue weighted by Gasteiger charge is 2.16. The molecule has 0 amide bonds. The monoisotopic (exact) mass is 323 g/mol. The van der Waals surface area contributed by atoms with E-state index in [9.17, 15) is 9.59 Å². The third kappa shape index (κ3) is 3.53. The number of amidine groups is 1. The molecule has 22 heavy (non-hydrogen) atoms.